The maximum absolute atomic E-state index is 14.4. The number of aryl methyl sites for hydroxylation is 1. The van der Waals surface area contributed by atoms with Crippen LogP contribution in [-0.4, -0.2) is 32.9 Å². The lowest BCUT2D eigenvalue weighted by Gasteiger charge is -2.38. The molecule has 1 aliphatic rings. The van der Waals surface area contributed by atoms with E-state index in [2.05, 4.69) is 5.10 Å². The number of hydrogen-bond acceptors (Lipinski definition) is 5. The fraction of sp³-hybridized carbons (Fsp3) is 0.233. The van der Waals surface area contributed by atoms with E-state index in [9.17, 15) is 37.3 Å². The highest BCUT2D eigenvalue weighted by molar-refractivity contribution is 7.59. The summed E-state index contributed by atoms with van der Waals surface area (Å²) in [6.07, 6.45) is -5.18. The molecule has 8 nitrogen and oxygen atoms in total. The lowest BCUT2D eigenvalue weighted by molar-refractivity contribution is -0.387. The number of anilines is 1. The number of carbonyl (C=O) groups is 2. The Bertz CT molecular complexity index is 1710. The Morgan fingerprint density at radius 1 is 1.02 bits per heavy atom. The molecule has 0 saturated carbocycles. The van der Waals surface area contributed by atoms with E-state index in [0.717, 1.165) is 30.3 Å². The molecular weight excluding hydrogens is 620 g/mol. The quantitative estimate of drug-likeness (QED) is 0.0944. The van der Waals surface area contributed by atoms with E-state index < -0.39 is 58.1 Å². The minimum Gasteiger partial charge on any atom is -0.296 e. The van der Waals surface area contributed by atoms with E-state index in [-0.39, 0.29) is 44.7 Å². The number of Topliss-reactive ketones (excluding diaryl/α,β-unsaturated/α-hetero) is 1. The van der Waals surface area contributed by atoms with Crippen molar-refractivity contribution in [1.29, 1.82) is 0 Å². The number of fused-ring (bicyclic) bond motifs is 1. The molecule has 0 aliphatic carbocycles. The van der Waals surface area contributed by atoms with Gasteiger partial charge in [-0.2, -0.15) is 49.7 Å². The van der Waals surface area contributed by atoms with Crippen molar-refractivity contribution in [3.8, 4) is 5.69 Å². The van der Waals surface area contributed by atoms with Gasteiger partial charge < -0.3 is 0 Å². The molecule has 232 valence electrons. The summed E-state index contributed by atoms with van der Waals surface area (Å²) in [4.78, 5) is 39.7. The normalized spacial score (nSPS) is 16.0. The van der Waals surface area contributed by atoms with Crippen molar-refractivity contribution in [3.05, 3.63) is 117 Å². The Hall–Kier alpha value is -4.17. The number of nitro groups is 1. The standard InChI is InChI=1S/C30H24F4N4O4.2H2S/c1-3-36-28-26(17(2)35-37(28)21-10-5-4-6-11-21)27(19-12-13-23(31)24(15-19)38(41)42)22(29(36)40)16-25(39)18-8-7-9-20(14-18)30(32,33)34;;/h4-15,22,27H,3,16H2,1-2H3;2*1H2/t22-,27+;;/m0../s1. The Balaban J connectivity index is 0.00000264. The number of ketones is 1. The van der Waals surface area contributed by atoms with Crippen LogP contribution in [0.15, 0.2) is 72.8 Å². The average Bonchev–Trinajstić information content (AvgIpc) is 3.30. The topological polar surface area (TPSA) is 98.3 Å². The van der Waals surface area contributed by atoms with E-state index in [1.807, 2.05) is 6.07 Å². The summed E-state index contributed by atoms with van der Waals surface area (Å²) in [5.74, 6) is -4.06. The average molecular weight is 649 g/mol. The number of nitro benzene ring substituents is 1. The van der Waals surface area contributed by atoms with E-state index in [1.165, 1.54) is 17.0 Å². The molecule has 1 aliphatic heterocycles. The number of alkyl halides is 3. The number of nitrogens with zero attached hydrogens (tertiary/aromatic N) is 4. The van der Waals surface area contributed by atoms with Gasteiger partial charge in [0.1, 0.15) is 5.82 Å². The van der Waals surface area contributed by atoms with Gasteiger partial charge in [0.2, 0.25) is 11.7 Å². The molecule has 0 spiro atoms. The highest BCUT2D eigenvalue weighted by Crippen LogP contribution is 2.48. The van der Waals surface area contributed by atoms with Crippen LogP contribution in [0.3, 0.4) is 0 Å². The van der Waals surface area contributed by atoms with Gasteiger partial charge in [-0.1, -0.05) is 36.4 Å². The predicted octanol–water partition coefficient (Wildman–Crippen LogP) is 6.86. The van der Waals surface area contributed by atoms with E-state index in [4.69, 9.17) is 0 Å². The summed E-state index contributed by atoms with van der Waals surface area (Å²) in [5.41, 5.74) is -0.244. The molecule has 2 atom stereocenters. The summed E-state index contributed by atoms with van der Waals surface area (Å²) in [6.45, 7) is 3.60. The first-order valence-corrected chi connectivity index (χ1v) is 13.0. The van der Waals surface area contributed by atoms with Crippen LogP contribution in [0.5, 0.6) is 0 Å². The van der Waals surface area contributed by atoms with Gasteiger partial charge in [-0.05, 0) is 49.7 Å². The molecule has 2 heterocycles. The van der Waals surface area contributed by atoms with Gasteiger partial charge in [-0.15, -0.1) is 0 Å². The van der Waals surface area contributed by atoms with Crippen molar-refractivity contribution in [2.75, 3.05) is 11.4 Å². The second-order valence-corrected chi connectivity index (χ2v) is 9.91. The zero-order valence-corrected chi connectivity index (χ0v) is 25.4. The largest absolute Gasteiger partial charge is 0.416 e. The number of para-hydroxylation sites is 1. The molecular formula is C30H28F4N4O4S2. The van der Waals surface area contributed by atoms with Crippen LogP contribution in [0.1, 0.15) is 52.0 Å². The van der Waals surface area contributed by atoms with Crippen LogP contribution in [-0.2, 0) is 11.0 Å². The van der Waals surface area contributed by atoms with Crippen LogP contribution in [0, 0.1) is 28.8 Å². The number of hydrogen-bond donors (Lipinski definition) is 0. The number of benzene rings is 3. The lowest BCUT2D eigenvalue weighted by atomic mass is 9.74. The van der Waals surface area contributed by atoms with Crippen LogP contribution < -0.4 is 4.90 Å². The van der Waals surface area contributed by atoms with Gasteiger partial charge in [-0.3, -0.25) is 24.6 Å². The highest BCUT2D eigenvalue weighted by Gasteiger charge is 2.46. The Kier molecular flexibility index (Phi) is 10.3. The Morgan fingerprint density at radius 3 is 2.32 bits per heavy atom. The van der Waals surface area contributed by atoms with Gasteiger partial charge in [-0.25, -0.2) is 4.68 Å². The minimum absolute atomic E-state index is 0. The third-order valence-corrected chi connectivity index (χ3v) is 7.39. The fourth-order valence-corrected chi connectivity index (χ4v) is 5.51. The van der Waals surface area contributed by atoms with Crippen molar-refractivity contribution in [2.24, 2.45) is 5.92 Å². The number of carbonyl (C=O) groups excluding carboxylic acids is 2. The Labute approximate surface area is 263 Å². The van der Waals surface area contributed by atoms with Crippen molar-refractivity contribution in [3.63, 3.8) is 0 Å². The molecule has 4 aromatic rings. The number of amides is 1. The van der Waals surface area contributed by atoms with Crippen LogP contribution in [0.2, 0.25) is 0 Å². The third kappa shape index (κ3) is 6.22. The summed E-state index contributed by atoms with van der Waals surface area (Å²) < 4.78 is 56.0. The van der Waals surface area contributed by atoms with E-state index in [1.54, 1.807) is 42.8 Å². The molecule has 1 aromatic heterocycles. The van der Waals surface area contributed by atoms with Crippen molar-refractivity contribution >= 4 is 50.2 Å². The summed E-state index contributed by atoms with van der Waals surface area (Å²) in [6, 6.07) is 16.1. The zero-order chi connectivity index (χ0) is 30.3. The minimum atomic E-state index is -4.68. The molecule has 5 rings (SSSR count). The SMILES string of the molecule is CCN1C(=O)[C@@H](CC(=O)c2cccc(C(F)(F)F)c2)[C@@H](c2ccc(F)c([N+](=O)[O-])c2)c2c(C)nn(-c3ccccc3)c21.S.S. The van der Waals surface area contributed by atoms with E-state index in [0.29, 0.717) is 22.8 Å². The smallest absolute Gasteiger partial charge is 0.296 e. The summed E-state index contributed by atoms with van der Waals surface area (Å²) in [7, 11) is 0. The third-order valence-electron chi connectivity index (χ3n) is 7.39. The molecule has 0 bridgehead atoms. The van der Waals surface area contributed by atoms with Gasteiger partial charge in [0.15, 0.2) is 5.78 Å². The molecule has 0 fully saturated rings. The first kappa shape index (κ1) is 34.3. The van der Waals surface area contributed by atoms with Crippen molar-refractivity contribution in [1.82, 2.24) is 9.78 Å². The molecule has 0 saturated heterocycles. The van der Waals surface area contributed by atoms with Crippen LogP contribution in [0.25, 0.3) is 5.69 Å². The zero-order valence-electron chi connectivity index (χ0n) is 23.4. The fourth-order valence-electron chi connectivity index (χ4n) is 5.51. The van der Waals surface area contributed by atoms with Crippen LogP contribution in [0.4, 0.5) is 29.1 Å². The Morgan fingerprint density at radius 2 is 1.70 bits per heavy atom. The molecule has 1 amide bonds. The second-order valence-electron chi connectivity index (χ2n) is 9.91. The summed E-state index contributed by atoms with van der Waals surface area (Å²) in [5, 5.41) is 16.3. The number of aromatic nitrogens is 2. The van der Waals surface area contributed by atoms with Gasteiger partial charge >= 0.3 is 11.9 Å². The second kappa shape index (κ2) is 13.2. The van der Waals surface area contributed by atoms with Crippen molar-refractivity contribution in [2.45, 2.75) is 32.4 Å². The lowest BCUT2D eigenvalue weighted by Crippen LogP contribution is -2.45. The monoisotopic (exact) mass is 648 g/mol. The van der Waals surface area contributed by atoms with Gasteiger partial charge in [0, 0.05) is 36.1 Å². The van der Waals surface area contributed by atoms with Crippen LogP contribution >= 0.6 is 27.0 Å². The molecule has 0 unspecified atom stereocenters. The maximum Gasteiger partial charge on any atom is 0.416 e. The van der Waals surface area contributed by atoms with Gasteiger partial charge in [0.25, 0.3) is 0 Å². The number of halogens is 4. The van der Waals surface area contributed by atoms with E-state index >= 15 is 0 Å². The first-order chi connectivity index (χ1) is 19.9. The molecule has 3 aromatic carbocycles. The first-order valence-electron chi connectivity index (χ1n) is 13.0. The molecule has 0 N–H and O–H groups in total. The number of rotatable bonds is 7. The molecule has 14 heteroatoms. The maximum atomic E-state index is 14.4. The summed E-state index contributed by atoms with van der Waals surface area (Å²) >= 11 is 0. The van der Waals surface area contributed by atoms with Gasteiger partial charge in [0.05, 0.1) is 27.8 Å². The molecule has 0 radical (unpaired) electrons. The van der Waals surface area contributed by atoms with Crippen molar-refractivity contribution < 1.29 is 32.1 Å². The molecule has 44 heavy (non-hydrogen) atoms. The highest BCUT2D eigenvalue weighted by atomic mass is 32.1. The predicted molar refractivity (Wildman–Crippen MR) is 166 cm³/mol.